The van der Waals surface area contributed by atoms with Crippen LogP contribution in [0, 0.1) is 0 Å². The first-order chi connectivity index (χ1) is 27.8. The van der Waals surface area contributed by atoms with Gasteiger partial charge >= 0.3 is 0 Å². The van der Waals surface area contributed by atoms with Crippen LogP contribution in [0.2, 0.25) is 0 Å². The Morgan fingerprint density at radius 1 is 0.456 bits per heavy atom. The molecule has 0 unspecified atom stereocenters. The molecule has 11 rings (SSSR count). The number of rotatable bonds is 5. The highest BCUT2D eigenvalue weighted by atomic mass is 16.3. The average molecular weight is 735 g/mol. The zero-order chi connectivity index (χ0) is 38.5. The van der Waals surface area contributed by atoms with Crippen LogP contribution in [-0.4, -0.2) is 0 Å². The molecule has 0 spiro atoms. The lowest BCUT2D eigenvalue weighted by Crippen LogP contribution is -2.30. The smallest absolute Gasteiger partial charge is 0.143 e. The van der Waals surface area contributed by atoms with Crippen molar-refractivity contribution in [3.63, 3.8) is 0 Å². The zero-order valence-corrected chi connectivity index (χ0v) is 32.6. The Hall–Kier alpha value is -6.84. The molecule has 2 heterocycles. The summed E-state index contributed by atoms with van der Waals surface area (Å²) < 4.78 is 6.74. The van der Waals surface area contributed by atoms with Crippen LogP contribution in [0.15, 0.2) is 186 Å². The third kappa shape index (κ3) is 4.91. The van der Waals surface area contributed by atoms with E-state index in [2.05, 4.69) is 219 Å². The van der Waals surface area contributed by atoms with Gasteiger partial charge in [-0.3, -0.25) is 0 Å². The van der Waals surface area contributed by atoms with Gasteiger partial charge in [0.05, 0.1) is 17.1 Å². The van der Waals surface area contributed by atoms with Crippen LogP contribution in [-0.2, 0) is 10.8 Å². The first-order valence-corrected chi connectivity index (χ1v) is 19.9. The van der Waals surface area contributed by atoms with Gasteiger partial charge in [-0.2, -0.15) is 0 Å². The fourth-order valence-electron chi connectivity index (χ4n) is 9.82. The van der Waals surface area contributed by atoms with Crippen molar-refractivity contribution in [1.82, 2.24) is 0 Å². The molecule has 1 aromatic heterocycles. The van der Waals surface area contributed by atoms with E-state index in [0.29, 0.717) is 0 Å². The number of hydrogen-bond acceptors (Lipinski definition) is 3. The van der Waals surface area contributed by atoms with Crippen molar-refractivity contribution in [1.29, 1.82) is 0 Å². The monoisotopic (exact) mass is 734 g/mol. The summed E-state index contributed by atoms with van der Waals surface area (Å²) in [6.45, 7) is 9.36. The van der Waals surface area contributed by atoms with Gasteiger partial charge in [-0.25, -0.2) is 0 Å². The van der Waals surface area contributed by atoms with Gasteiger partial charge in [0, 0.05) is 49.8 Å². The number of nitrogens with zero attached hydrogens (tertiary/aromatic N) is 2. The van der Waals surface area contributed by atoms with Crippen molar-refractivity contribution in [2.24, 2.45) is 0 Å². The van der Waals surface area contributed by atoms with Crippen molar-refractivity contribution in [3.05, 3.63) is 204 Å². The van der Waals surface area contributed by atoms with Gasteiger partial charge in [-0.1, -0.05) is 149 Å². The quantitative estimate of drug-likeness (QED) is 0.176. The van der Waals surface area contributed by atoms with Crippen molar-refractivity contribution in [2.75, 3.05) is 9.80 Å². The Kier molecular flexibility index (Phi) is 7.25. The predicted octanol–water partition coefficient (Wildman–Crippen LogP) is 15.1. The molecule has 57 heavy (non-hydrogen) atoms. The van der Waals surface area contributed by atoms with Gasteiger partial charge in [-0.05, 0) is 94.0 Å². The lowest BCUT2D eigenvalue weighted by molar-refractivity contribution is 0.632. The minimum absolute atomic E-state index is 0.0950. The van der Waals surface area contributed by atoms with Crippen LogP contribution in [0.25, 0.3) is 44.2 Å². The van der Waals surface area contributed by atoms with Crippen molar-refractivity contribution < 1.29 is 4.42 Å². The molecule has 0 amide bonds. The number of para-hydroxylation sites is 4. The SMILES string of the molecule is CC1(C)c2ccccc2N(c2cc(-c3ccc(N(c4ccccc4)c4cccc5c4-c4ccccc4C5(C)C)cc3)c3oc4ccccc4c3c2)c2ccccc21. The number of fused-ring (bicyclic) bond motifs is 8. The third-order valence-electron chi connectivity index (χ3n) is 12.6. The summed E-state index contributed by atoms with van der Waals surface area (Å²) in [6, 6.07) is 66.3. The molecule has 0 fully saturated rings. The molecule has 0 saturated heterocycles. The summed E-state index contributed by atoms with van der Waals surface area (Å²) in [5, 5.41) is 2.22. The van der Waals surface area contributed by atoms with Crippen LogP contribution in [0.4, 0.5) is 34.1 Å². The second-order valence-corrected chi connectivity index (χ2v) is 16.6. The number of furan rings is 1. The fraction of sp³-hybridized carbons (Fsp3) is 0.111. The lowest BCUT2D eigenvalue weighted by Gasteiger charge is -2.42. The summed E-state index contributed by atoms with van der Waals surface area (Å²) in [6.07, 6.45) is 0. The lowest BCUT2D eigenvalue weighted by atomic mass is 9.73. The maximum absolute atomic E-state index is 6.74. The number of hydrogen-bond donors (Lipinski definition) is 0. The first-order valence-electron chi connectivity index (χ1n) is 19.9. The Labute approximate surface area is 334 Å². The van der Waals surface area contributed by atoms with Crippen molar-refractivity contribution in [3.8, 4) is 22.3 Å². The summed E-state index contributed by atoms with van der Waals surface area (Å²) in [4.78, 5) is 4.86. The van der Waals surface area contributed by atoms with Gasteiger partial charge < -0.3 is 14.2 Å². The standard InChI is InChI=1S/C54H42N2O/c1-53(2)43-21-10-8-20-40(43)51-46(53)24-16-27-49(51)55(36-17-6-5-7-18-36)37-31-29-35(30-32-37)41-33-38(34-42-39-19-9-15-28-50(39)57-52(41)42)56-47-25-13-11-22-44(47)54(3,4)45-23-12-14-26-48(45)56/h5-34H,1-4H3. The van der Waals surface area contributed by atoms with Gasteiger partial charge in [-0.15, -0.1) is 0 Å². The van der Waals surface area contributed by atoms with E-state index in [1.165, 1.54) is 50.4 Å². The minimum Gasteiger partial charge on any atom is -0.455 e. The van der Waals surface area contributed by atoms with E-state index in [1.807, 2.05) is 0 Å². The second kappa shape index (κ2) is 12.3. The highest BCUT2D eigenvalue weighted by Gasteiger charge is 2.39. The molecule has 0 radical (unpaired) electrons. The molecule has 1 aliphatic carbocycles. The van der Waals surface area contributed by atoms with Gasteiger partial charge in [0.25, 0.3) is 0 Å². The largest absolute Gasteiger partial charge is 0.455 e. The maximum atomic E-state index is 6.74. The Bertz CT molecular complexity index is 2980. The summed E-state index contributed by atoms with van der Waals surface area (Å²) >= 11 is 0. The van der Waals surface area contributed by atoms with Crippen LogP contribution < -0.4 is 9.80 Å². The van der Waals surface area contributed by atoms with E-state index in [-0.39, 0.29) is 10.8 Å². The number of benzene rings is 8. The Morgan fingerprint density at radius 2 is 1.04 bits per heavy atom. The normalized spacial score (nSPS) is 14.6. The average Bonchev–Trinajstić information content (AvgIpc) is 3.74. The molecule has 0 saturated carbocycles. The maximum Gasteiger partial charge on any atom is 0.143 e. The molecule has 2 aliphatic rings. The van der Waals surface area contributed by atoms with E-state index < -0.39 is 0 Å². The van der Waals surface area contributed by atoms with Gasteiger partial charge in [0.2, 0.25) is 0 Å². The second-order valence-electron chi connectivity index (χ2n) is 16.6. The molecule has 3 heteroatoms. The molecule has 0 atom stereocenters. The third-order valence-corrected chi connectivity index (χ3v) is 12.6. The fourth-order valence-corrected chi connectivity index (χ4v) is 9.82. The van der Waals surface area contributed by atoms with E-state index >= 15 is 0 Å². The van der Waals surface area contributed by atoms with E-state index in [4.69, 9.17) is 4.42 Å². The number of anilines is 6. The molecule has 9 aromatic rings. The zero-order valence-electron chi connectivity index (χ0n) is 32.6. The highest BCUT2D eigenvalue weighted by molar-refractivity contribution is 6.12. The van der Waals surface area contributed by atoms with Gasteiger partial charge in [0.15, 0.2) is 0 Å². The van der Waals surface area contributed by atoms with Crippen LogP contribution in [0.3, 0.4) is 0 Å². The minimum atomic E-state index is -0.143. The molecule has 0 N–H and O–H groups in total. The van der Waals surface area contributed by atoms with Crippen molar-refractivity contribution >= 4 is 56.1 Å². The summed E-state index contributed by atoms with van der Waals surface area (Å²) in [5.41, 5.74) is 18.6. The molecular weight excluding hydrogens is 693 g/mol. The molecular formula is C54H42N2O. The van der Waals surface area contributed by atoms with E-state index in [0.717, 1.165) is 50.1 Å². The van der Waals surface area contributed by atoms with E-state index in [9.17, 15) is 0 Å². The molecule has 8 aromatic carbocycles. The molecule has 274 valence electrons. The van der Waals surface area contributed by atoms with Crippen LogP contribution in [0.1, 0.15) is 49.9 Å². The van der Waals surface area contributed by atoms with Crippen molar-refractivity contribution in [2.45, 2.75) is 38.5 Å². The first kappa shape index (κ1) is 33.5. The van der Waals surface area contributed by atoms with E-state index in [1.54, 1.807) is 0 Å². The van der Waals surface area contributed by atoms with Crippen LogP contribution in [0.5, 0.6) is 0 Å². The molecule has 0 bridgehead atoms. The topological polar surface area (TPSA) is 19.6 Å². The molecule has 3 nitrogen and oxygen atoms in total. The summed E-state index contributed by atoms with van der Waals surface area (Å²) in [5.74, 6) is 0. The molecule has 1 aliphatic heterocycles. The Balaban J connectivity index is 1.10. The predicted molar refractivity (Wildman–Crippen MR) is 238 cm³/mol. The van der Waals surface area contributed by atoms with Crippen LogP contribution >= 0.6 is 0 Å². The van der Waals surface area contributed by atoms with Gasteiger partial charge in [0.1, 0.15) is 11.2 Å². The highest BCUT2D eigenvalue weighted by Crippen LogP contribution is 2.55. The summed E-state index contributed by atoms with van der Waals surface area (Å²) in [7, 11) is 0. The Morgan fingerprint density at radius 3 is 1.77 bits per heavy atom.